The topological polar surface area (TPSA) is 59.6 Å². The highest BCUT2D eigenvalue weighted by atomic mass is 16.5. The van der Waals surface area contributed by atoms with E-state index in [1.807, 2.05) is 24.3 Å². The molecule has 1 aromatic rings. The molecule has 0 unspecified atom stereocenters. The minimum absolute atomic E-state index is 0.447. The summed E-state index contributed by atoms with van der Waals surface area (Å²) in [5, 5.41) is 3.10. The highest BCUT2D eigenvalue weighted by Gasteiger charge is 2.02. The zero-order valence-corrected chi connectivity index (χ0v) is 10.7. The molecule has 0 aromatic heterocycles. The first-order valence-corrected chi connectivity index (χ1v) is 5.77. The predicted octanol–water partition coefficient (Wildman–Crippen LogP) is 2.22. The average molecular weight is 235 g/mol. The Hall–Kier alpha value is -1.55. The Labute approximate surface area is 103 Å². The van der Waals surface area contributed by atoms with Gasteiger partial charge in [-0.1, -0.05) is 32.0 Å². The molecular formula is C13H21N3O. The van der Waals surface area contributed by atoms with Crippen LogP contribution in [0.1, 0.15) is 19.4 Å². The molecule has 3 N–H and O–H groups in total. The van der Waals surface area contributed by atoms with E-state index in [0.717, 1.165) is 17.8 Å². The lowest BCUT2D eigenvalue weighted by molar-refractivity contribution is 0.185. The molecule has 17 heavy (non-hydrogen) atoms. The van der Waals surface area contributed by atoms with Crippen molar-refractivity contribution in [1.82, 2.24) is 0 Å². The normalized spacial score (nSPS) is 11.9. The summed E-state index contributed by atoms with van der Waals surface area (Å²) in [5.74, 6) is 0.951. The maximum absolute atomic E-state index is 5.82. The second-order valence-corrected chi connectivity index (χ2v) is 4.33. The van der Waals surface area contributed by atoms with Crippen LogP contribution >= 0.6 is 0 Å². The zero-order chi connectivity index (χ0) is 12.7. The molecule has 1 rings (SSSR count). The molecule has 94 valence electrons. The second-order valence-electron chi connectivity index (χ2n) is 4.33. The fourth-order valence-corrected chi connectivity index (χ4v) is 1.38. The third-order valence-electron chi connectivity index (χ3n) is 2.21. The molecule has 0 aliphatic rings. The SMILES string of the molecule is COCc1ccccc1NC(N)=NCC(C)C. The molecule has 1 aromatic carbocycles. The standard InChI is InChI=1S/C13H21N3O/c1-10(2)8-15-13(14)16-12-7-5-4-6-11(12)9-17-3/h4-7,10H,8-9H2,1-3H3,(H3,14,15,16). The number of aliphatic imine (C=N–C) groups is 1. The van der Waals surface area contributed by atoms with Gasteiger partial charge in [0.25, 0.3) is 0 Å². The summed E-state index contributed by atoms with van der Waals surface area (Å²) in [6.45, 7) is 5.50. The molecule has 0 atom stereocenters. The molecule has 0 bridgehead atoms. The van der Waals surface area contributed by atoms with Gasteiger partial charge < -0.3 is 15.8 Å². The van der Waals surface area contributed by atoms with Crippen molar-refractivity contribution in [3.05, 3.63) is 29.8 Å². The van der Waals surface area contributed by atoms with Crippen LogP contribution in [0.4, 0.5) is 5.69 Å². The summed E-state index contributed by atoms with van der Waals surface area (Å²) in [7, 11) is 1.67. The Morgan fingerprint density at radius 3 is 2.76 bits per heavy atom. The molecule has 4 heteroatoms. The number of hydrogen-bond acceptors (Lipinski definition) is 2. The second kappa shape index (κ2) is 6.91. The number of nitrogens with two attached hydrogens (primary N) is 1. The third-order valence-corrected chi connectivity index (χ3v) is 2.21. The van der Waals surface area contributed by atoms with E-state index in [9.17, 15) is 0 Å². The Bertz CT molecular complexity index is 375. The predicted molar refractivity (Wildman–Crippen MR) is 72.1 cm³/mol. The summed E-state index contributed by atoms with van der Waals surface area (Å²) in [6.07, 6.45) is 0. The molecule has 0 aliphatic heterocycles. The van der Waals surface area contributed by atoms with E-state index in [0.29, 0.717) is 18.5 Å². The lowest BCUT2D eigenvalue weighted by atomic mass is 10.2. The molecule has 0 saturated carbocycles. The Kier molecular flexibility index (Phi) is 5.49. The van der Waals surface area contributed by atoms with E-state index in [1.165, 1.54) is 0 Å². The summed E-state index contributed by atoms with van der Waals surface area (Å²) >= 11 is 0. The van der Waals surface area contributed by atoms with Crippen LogP contribution < -0.4 is 11.1 Å². The van der Waals surface area contributed by atoms with Gasteiger partial charge in [-0.2, -0.15) is 0 Å². The largest absolute Gasteiger partial charge is 0.380 e. The van der Waals surface area contributed by atoms with Gasteiger partial charge in [-0.15, -0.1) is 0 Å². The van der Waals surface area contributed by atoms with Crippen molar-refractivity contribution in [1.29, 1.82) is 0 Å². The van der Waals surface area contributed by atoms with Gasteiger partial charge in [-0.05, 0) is 12.0 Å². The van der Waals surface area contributed by atoms with Crippen molar-refractivity contribution in [3.63, 3.8) is 0 Å². The van der Waals surface area contributed by atoms with Crippen LogP contribution in [0.3, 0.4) is 0 Å². The maximum atomic E-state index is 5.82. The number of benzene rings is 1. The van der Waals surface area contributed by atoms with E-state index < -0.39 is 0 Å². The number of nitrogens with zero attached hydrogens (tertiary/aromatic N) is 1. The summed E-state index contributed by atoms with van der Waals surface area (Å²) in [6, 6.07) is 7.89. The van der Waals surface area contributed by atoms with Crippen LogP contribution in [-0.4, -0.2) is 19.6 Å². The van der Waals surface area contributed by atoms with Gasteiger partial charge in [0, 0.05) is 24.9 Å². The zero-order valence-electron chi connectivity index (χ0n) is 10.7. The number of nitrogens with one attached hydrogen (secondary N) is 1. The lowest BCUT2D eigenvalue weighted by Gasteiger charge is -2.11. The molecule has 0 amide bonds. The average Bonchev–Trinajstić information content (AvgIpc) is 2.29. The van der Waals surface area contributed by atoms with Gasteiger partial charge in [0.1, 0.15) is 0 Å². The van der Waals surface area contributed by atoms with Crippen molar-refractivity contribution >= 4 is 11.6 Å². The smallest absolute Gasteiger partial charge is 0.193 e. The van der Waals surface area contributed by atoms with E-state index >= 15 is 0 Å². The summed E-state index contributed by atoms with van der Waals surface area (Å²) in [4.78, 5) is 4.26. The van der Waals surface area contributed by atoms with Gasteiger partial charge in [0.05, 0.1) is 6.61 Å². The first kappa shape index (κ1) is 13.5. The molecule has 0 aliphatic carbocycles. The fourth-order valence-electron chi connectivity index (χ4n) is 1.38. The molecule has 0 radical (unpaired) electrons. The summed E-state index contributed by atoms with van der Waals surface area (Å²) in [5.41, 5.74) is 7.83. The molecule has 0 saturated heterocycles. The summed E-state index contributed by atoms with van der Waals surface area (Å²) < 4.78 is 5.13. The highest BCUT2D eigenvalue weighted by Crippen LogP contribution is 2.15. The van der Waals surface area contributed by atoms with Crippen LogP contribution in [0.15, 0.2) is 29.3 Å². The molecule has 0 fully saturated rings. The molecular weight excluding hydrogens is 214 g/mol. The maximum Gasteiger partial charge on any atom is 0.193 e. The Balaban J connectivity index is 2.70. The highest BCUT2D eigenvalue weighted by molar-refractivity contribution is 5.92. The number of rotatable bonds is 5. The van der Waals surface area contributed by atoms with Crippen LogP contribution in [0, 0.1) is 5.92 Å². The van der Waals surface area contributed by atoms with Gasteiger partial charge in [-0.3, -0.25) is 4.99 Å². The van der Waals surface area contributed by atoms with Crippen molar-refractivity contribution in [2.75, 3.05) is 19.0 Å². The molecule has 0 spiro atoms. The van der Waals surface area contributed by atoms with Crippen LogP contribution in [0.2, 0.25) is 0 Å². The van der Waals surface area contributed by atoms with Gasteiger partial charge in [0.2, 0.25) is 0 Å². The van der Waals surface area contributed by atoms with Crippen LogP contribution in [0.25, 0.3) is 0 Å². The number of para-hydroxylation sites is 1. The number of guanidine groups is 1. The quantitative estimate of drug-likeness (QED) is 0.607. The van der Waals surface area contributed by atoms with Crippen molar-refractivity contribution in [3.8, 4) is 0 Å². The van der Waals surface area contributed by atoms with Crippen molar-refractivity contribution in [2.45, 2.75) is 20.5 Å². The molecule has 4 nitrogen and oxygen atoms in total. The number of anilines is 1. The Morgan fingerprint density at radius 1 is 1.41 bits per heavy atom. The number of ether oxygens (including phenoxy) is 1. The number of hydrogen-bond donors (Lipinski definition) is 2. The van der Waals surface area contributed by atoms with Crippen LogP contribution in [-0.2, 0) is 11.3 Å². The van der Waals surface area contributed by atoms with Gasteiger partial charge in [0.15, 0.2) is 5.96 Å². The van der Waals surface area contributed by atoms with Crippen LogP contribution in [0.5, 0.6) is 0 Å². The van der Waals surface area contributed by atoms with E-state index in [2.05, 4.69) is 24.2 Å². The third kappa shape index (κ3) is 4.87. The monoisotopic (exact) mass is 235 g/mol. The van der Waals surface area contributed by atoms with E-state index in [-0.39, 0.29) is 0 Å². The van der Waals surface area contributed by atoms with Gasteiger partial charge in [-0.25, -0.2) is 0 Å². The lowest BCUT2D eigenvalue weighted by Crippen LogP contribution is -2.24. The van der Waals surface area contributed by atoms with Crippen molar-refractivity contribution in [2.24, 2.45) is 16.6 Å². The first-order chi connectivity index (χ1) is 8.13. The van der Waals surface area contributed by atoms with Gasteiger partial charge >= 0.3 is 0 Å². The van der Waals surface area contributed by atoms with E-state index in [4.69, 9.17) is 10.5 Å². The van der Waals surface area contributed by atoms with Crippen molar-refractivity contribution < 1.29 is 4.74 Å². The number of methoxy groups -OCH3 is 1. The fraction of sp³-hybridized carbons (Fsp3) is 0.462. The first-order valence-electron chi connectivity index (χ1n) is 5.77. The minimum atomic E-state index is 0.447. The van der Waals surface area contributed by atoms with E-state index in [1.54, 1.807) is 7.11 Å². The molecule has 0 heterocycles. The minimum Gasteiger partial charge on any atom is -0.380 e. The Morgan fingerprint density at radius 2 is 2.12 bits per heavy atom.